The number of aromatic nitrogens is 1. The van der Waals surface area contributed by atoms with E-state index in [9.17, 15) is 22.4 Å². The average molecular weight is 297 g/mol. The Hall–Kier alpha value is -2.06. The molecule has 0 radical (unpaired) electrons. The Morgan fingerprint density at radius 1 is 1.35 bits per heavy atom. The van der Waals surface area contributed by atoms with Gasteiger partial charge in [0.25, 0.3) is 0 Å². The Balaban J connectivity index is 3.22. The number of hydrogen-bond donors (Lipinski definition) is 0. The number of rotatable bonds is 5. The Morgan fingerprint density at radius 2 is 2.00 bits per heavy atom. The molecule has 1 aromatic rings. The summed E-state index contributed by atoms with van der Waals surface area (Å²) in [6.07, 6.45) is -5.38. The normalized spacial score (nSPS) is 11.1. The van der Waals surface area contributed by atoms with Crippen LogP contribution < -0.4 is 9.47 Å². The maximum absolute atomic E-state index is 12.7. The van der Waals surface area contributed by atoms with Crippen molar-refractivity contribution in [2.75, 3.05) is 14.2 Å². The topological polar surface area (TPSA) is 57.7 Å². The predicted molar refractivity (Wildman–Crippen MR) is 58.0 cm³/mol. The Labute approximate surface area is 111 Å². The number of alkyl halides is 4. The Morgan fingerprint density at radius 3 is 2.45 bits per heavy atom. The van der Waals surface area contributed by atoms with Crippen molar-refractivity contribution < 1.29 is 36.6 Å². The van der Waals surface area contributed by atoms with Crippen LogP contribution in [0.1, 0.15) is 11.3 Å². The fourth-order valence-corrected chi connectivity index (χ4v) is 1.39. The minimum atomic E-state index is -5.00. The fraction of sp³-hybridized carbons (Fsp3) is 0.455. The minimum Gasteiger partial charge on any atom is -0.481 e. The number of halogens is 4. The molecule has 0 bridgehead atoms. The largest absolute Gasteiger partial charge is 0.573 e. The Bertz CT molecular complexity index is 490. The maximum Gasteiger partial charge on any atom is 0.573 e. The van der Waals surface area contributed by atoms with Gasteiger partial charge in [0.05, 0.1) is 20.6 Å². The van der Waals surface area contributed by atoms with Crippen LogP contribution in [-0.2, 0) is 22.6 Å². The monoisotopic (exact) mass is 297 g/mol. The van der Waals surface area contributed by atoms with Crippen molar-refractivity contribution in [3.63, 3.8) is 0 Å². The molecule has 0 N–H and O–H groups in total. The standard InChI is InChI=1S/C11H11F4NO4/c1-18-9(17)4-6-3-8(20-11(13,14)15)7(5-12)16-10(6)19-2/h3H,4-5H2,1-2H3. The van der Waals surface area contributed by atoms with Gasteiger partial charge in [0, 0.05) is 5.56 Å². The molecule has 0 atom stereocenters. The van der Waals surface area contributed by atoms with E-state index in [1.807, 2.05) is 0 Å². The van der Waals surface area contributed by atoms with E-state index in [1.165, 1.54) is 7.11 Å². The summed E-state index contributed by atoms with van der Waals surface area (Å²) in [5.41, 5.74) is -0.580. The molecule has 1 heterocycles. The van der Waals surface area contributed by atoms with Crippen molar-refractivity contribution in [2.24, 2.45) is 0 Å². The van der Waals surface area contributed by atoms with Crippen LogP contribution in [0.25, 0.3) is 0 Å². The summed E-state index contributed by atoms with van der Waals surface area (Å²) < 4.78 is 62.2. The molecule has 0 amide bonds. The van der Waals surface area contributed by atoms with Crippen molar-refractivity contribution in [3.8, 4) is 11.6 Å². The van der Waals surface area contributed by atoms with Gasteiger partial charge < -0.3 is 14.2 Å². The molecule has 1 aromatic heterocycles. The molecule has 20 heavy (non-hydrogen) atoms. The van der Waals surface area contributed by atoms with Crippen LogP contribution in [0.3, 0.4) is 0 Å². The van der Waals surface area contributed by atoms with E-state index in [0.717, 1.165) is 13.2 Å². The van der Waals surface area contributed by atoms with E-state index in [1.54, 1.807) is 0 Å². The molecule has 112 valence electrons. The Kier molecular flexibility index (Phi) is 5.12. The van der Waals surface area contributed by atoms with Crippen LogP contribution in [0, 0.1) is 0 Å². The average Bonchev–Trinajstić information content (AvgIpc) is 2.37. The number of methoxy groups -OCH3 is 2. The zero-order valence-corrected chi connectivity index (χ0v) is 10.6. The summed E-state index contributed by atoms with van der Waals surface area (Å²) in [6, 6.07) is 0.852. The molecule has 5 nitrogen and oxygen atoms in total. The van der Waals surface area contributed by atoms with Gasteiger partial charge in [-0.25, -0.2) is 9.37 Å². The van der Waals surface area contributed by atoms with Gasteiger partial charge in [-0.2, -0.15) is 0 Å². The van der Waals surface area contributed by atoms with Crippen LogP contribution in [0.5, 0.6) is 11.6 Å². The second-order valence-corrected chi connectivity index (χ2v) is 3.54. The summed E-state index contributed by atoms with van der Waals surface area (Å²) in [7, 11) is 2.31. The van der Waals surface area contributed by atoms with Gasteiger partial charge in [0.15, 0.2) is 5.75 Å². The maximum atomic E-state index is 12.7. The van der Waals surface area contributed by atoms with Gasteiger partial charge in [0.1, 0.15) is 12.4 Å². The third-order valence-corrected chi connectivity index (χ3v) is 2.21. The highest BCUT2D eigenvalue weighted by Gasteiger charge is 2.33. The minimum absolute atomic E-state index is 0.00389. The highest BCUT2D eigenvalue weighted by atomic mass is 19.4. The van der Waals surface area contributed by atoms with Crippen molar-refractivity contribution in [3.05, 3.63) is 17.3 Å². The van der Waals surface area contributed by atoms with E-state index in [-0.39, 0.29) is 17.9 Å². The molecule has 0 aliphatic heterocycles. The fourth-order valence-electron chi connectivity index (χ4n) is 1.39. The second kappa shape index (κ2) is 6.40. The molecule has 1 rings (SSSR count). The summed E-state index contributed by atoms with van der Waals surface area (Å²) in [5, 5.41) is 0. The first-order valence-electron chi connectivity index (χ1n) is 5.26. The molecule has 0 unspecified atom stereocenters. The van der Waals surface area contributed by atoms with E-state index in [2.05, 4.69) is 14.5 Å². The van der Waals surface area contributed by atoms with Gasteiger partial charge in [-0.3, -0.25) is 4.79 Å². The third-order valence-electron chi connectivity index (χ3n) is 2.21. The van der Waals surface area contributed by atoms with Crippen LogP contribution in [-0.4, -0.2) is 31.5 Å². The van der Waals surface area contributed by atoms with E-state index in [0.29, 0.717) is 0 Å². The summed E-state index contributed by atoms with van der Waals surface area (Å²) in [4.78, 5) is 14.7. The number of nitrogens with zero attached hydrogens (tertiary/aromatic N) is 1. The quantitative estimate of drug-likeness (QED) is 0.616. The number of pyridine rings is 1. The van der Waals surface area contributed by atoms with Gasteiger partial charge in [-0.1, -0.05) is 0 Å². The zero-order valence-electron chi connectivity index (χ0n) is 10.6. The molecule has 0 aromatic carbocycles. The molecule has 0 fully saturated rings. The number of ether oxygens (including phenoxy) is 3. The first-order chi connectivity index (χ1) is 9.30. The lowest BCUT2D eigenvalue weighted by Gasteiger charge is -2.14. The molecular weight excluding hydrogens is 286 g/mol. The number of hydrogen-bond acceptors (Lipinski definition) is 5. The van der Waals surface area contributed by atoms with Crippen molar-refractivity contribution in [1.29, 1.82) is 0 Å². The summed E-state index contributed by atoms with van der Waals surface area (Å²) in [6.45, 7) is -1.28. The lowest BCUT2D eigenvalue weighted by molar-refractivity contribution is -0.275. The molecule has 0 saturated heterocycles. The molecule has 0 spiro atoms. The molecule has 9 heteroatoms. The highest BCUT2D eigenvalue weighted by Crippen LogP contribution is 2.31. The lowest BCUT2D eigenvalue weighted by atomic mass is 10.1. The highest BCUT2D eigenvalue weighted by molar-refractivity contribution is 5.73. The van der Waals surface area contributed by atoms with Gasteiger partial charge >= 0.3 is 12.3 Å². The van der Waals surface area contributed by atoms with Crippen molar-refractivity contribution in [2.45, 2.75) is 19.5 Å². The van der Waals surface area contributed by atoms with Gasteiger partial charge in [0.2, 0.25) is 5.88 Å². The molecule has 0 aliphatic carbocycles. The first-order valence-corrected chi connectivity index (χ1v) is 5.26. The molecular formula is C11H11F4NO4. The lowest BCUT2D eigenvalue weighted by Crippen LogP contribution is -2.19. The SMILES string of the molecule is COC(=O)Cc1cc(OC(F)(F)F)c(CF)nc1OC. The van der Waals surface area contributed by atoms with Crippen molar-refractivity contribution in [1.82, 2.24) is 4.98 Å². The summed E-state index contributed by atoms with van der Waals surface area (Å²) in [5.74, 6) is -1.70. The molecule has 0 saturated carbocycles. The van der Waals surface area contributed by atoms with E-state index >= 15 is 0 Å². The zero-order chi connectivity index (χ0) is 15.3. The third kappa shape index (κ3) is 4.25. The number of carbonyl (C=O) groups excluding carboxylic acids is 1. The van der Waals surface area contributed by atoms with Crippen LogP contribution in [0.15, 0.2) is 6.07 Å². The van der Waals surface area contributed by atoms with Crippen LogP contribution >= 0.6 is 0 Å². The number of carbonyl (C=O) groups is 1. The van der Waals surface area contributed by atoms with Gasteiger partial charge in [-0.15, -0.1) is 13.2 Å². The smallest absolute Gasteiger partial charge is 0.481 e. The van der Waals surface area contributed by atoms with E-state index in [4.69, 9.17) is 4.74 Å². The van der Waals surface area contributed by atoms with Crippen molar-refractivity contribution >= 4 is 5.97 Å². The first kappa shape index (κ1) is 16.0. The second-order valence-electron chi connectivity index (χ2n) is 3.54. The molecule has 0 aliphatic rings. The van der Waals surface area contributed by atoms with E-state index < -0.39 is 30.4 Å². The van der Waals surface area contributed by atoms with Crippen LogP contribution in [0.2, 0.25) is 0 Å². The van der Waals surface area contributed by atoms with Gasteiger partial charge in [-0.05, 0) is 6.07 Å². The number of esters is 1. The predicted octanol–water partition coefficient (Wildman–Crippen LogP) is 2.17. The summed E-state index contributed by atoms with van der Waals surface area (Å²) >= 11 is 0. The van der Waals surface area contributed by atoms with Crippen LogP contribution in [0.4, 0.5) is 17.6 Å².